The summed E-state index contributed by atoms with van der Waals surface area (Å²) >= 11 is 1.12. The Labute approximate surface area is 301 Å². The van der Waals surface area contributed by atoms with Gasteiger partial charge in [-0.25, -0.2) is 18.4 Å². The van der Waals surface area contributed by atoms with Crippen LogP contribution in [-0.2, 0) is 36.0 Å². The first-order valence-corrected chi connectivity index (χ1v) is 20.4. The summed E-state index contributed by atoms with van der Waals surface area (Å²) in [6.07, 6.45) is -1.29. The number of aryl methyl sites for hydroxylation is 2. The second kappa shape index (κ2) is 13.6. The highest BCUT2D eigenvalue weighted by molar-refractivity contribution is 7.88. The molecule has 3 fully saturated rings. The van der Waals surface area contributed by atoms with E-state index in [2.05, 4.69) is 56.3 Å². The number of alkyl halides is 3. The van der Waals surface area contributed by atoms with E-state index in [1.165, 1.54) is 21.7 Å². The number of aromatic nitrogens is 3. The first-order valence-electron chi connectivity index (χ1n) is 17.7. The predicted octanol–water partition coefficient (Wildman–Crippen LogP) is 5.56. The monoisotopic (exact) mass is 742 g/mol. The van der Waals surface area contributed by atoms with Crippen LogP contribution in [0.2, 0.25) is 0 Å². The number of anilines is 1. The minimum atomic E-state index is -4.27. The number of sulfonamides is 1. The van der Waals surface area contributed by atoms with Crippen LogP contribution in [0.25, 0.3) is 21.1 Å². The number of hydrogen-bond acceptors (Lipinski definition) is 9. The lowest BCUT2D eigenvalue weighted by molar-refractivity contribution is -0.126. The van der Waals surface area contributed by atoms with Crippen molar-refractivity contribution in [2.24, 2.45) is 5.41 Å². The average molecular weight is 743 g/mol. The molecule has 1 aromatic carbocycles. The van der Waals surface area contributed by atoms with Crippen molar-refractivity contribution < 1.29 is 21.6 Å². The Balaban J connectivity index is 1.04. The van der Waals surface area contributed by atoms with Crippen molar-refractivity contribution in [1.82, 2.24) is 28.6 Å². The Morgan fingerprint density at radius 1 is 1.04 bits per heavy atom. The molecule has 2 atom stereocenters. The van der Waals surface area contributed by atoms with Crippen molar-refractivity contribution in [2.45, 2.75) is 71.8 Å². The fourth-order valence-electron chi connectivity index (χ4n) is 8.37. The first-order chi connectivity index (χ1) is 24.1. The quantitative estimate of drug-likeness (QED) is 0.220. The van der Waals surface area contributed by atoms with Crippen molar-refractivity contribution in [3.05, 3.63) is 51.8 Å². The van der Waals surface area contributed by atoms with Crippen molar-refractivity contribution in [3.8, 4) is 6.07 Å². The van der Waals surface area contributed by atoms with Gasteiger partial charge < -0.3 is 9.47 Å². The van der Waals surface area contributed by atoms with Crippen LogP contribution in [0.5, 0.6) is 0 Å². The Kier molecular flexibility index (Phi) is 9.62. The molecule has 51 heavy (non-hydrogen) atoms. The summed E-state index contributed by atoms with van der Waals surface area (Å²) in [7, 11) is -3.20. The normalized spacial score (nSPS) is 21.8. The Morgan fingerprint density at radius 2 is 1.78 bits per heavy atom. The van der Waals surface area contributed by atoms with E-state index in [4.69, 9.17) is 4.98 Å². The standard InChI is InChI=1S/C36H45F3N8O2S2/c1-5-32-41-33(30-17-28(18-36(37,38)39)50-34(30)42-32)45-11-9-35(23-45)8-10-43(22-35)21-26-6-7-31-29(25(26)3)16-27(19-40)47(31)20-24(2)44-12-14-46(15-13-44)51(4,48)49/h6-7,16-17,24H,5,8-15,18,20-23H2,1-4H3/t24-,35?/m0/s1. The summed E-state index contributed by atoms with van der Waals surface area (Å²) in [6, 6.07) is 10.5. The smallest absolute Gasteiger partial charge is 0.355 e. The third-order valence-corrected chi connectivity index (χ3v) is 13.5. The highest BCUT2D eigenvalue weighted by Gasteiger charge is 2.44. The fraction of sp³-hybridized carbons (Fsp3) is 0.583. The van der Waals surface area contributed by atoms with Gasteiger partial charge in [-0.15, -0.1) is 11.3 Å². The van der Waals surface area contributed by atoms with Crippen LogP contribution in [0.4, 0.5) is 19.0 Å². The summed E-state index contributed by atoms with van der Waals surface area (Å²) in [5.74, 6) is 1.43. The fourth-order valence-corrected chi connectivity index (χ4v) is 10.3. The molecule has 1 spiro atoms. The molecule has 0 N–H and O–H groups in total. The van der Waals surface area contributed by atoms with E-state index in [1.807, 2.05) is 13.0 Å². The van der Waals surface area contributed by atoms with Gasteiger partial charge >= 0.3 is 6.18 Å². The number of fused-ring (bicyclic) bond motifs is 2. The lowest BCUT2D eigenvalue weighted by Crippen LogP contribution is -2.51. The second-order valence-electron chi connectivity index (χ2n) is 14.8. The molecule has 6 heterocycles. The summed E-state index contributed by atoms with van der Waals surface area (Å²) in [6.45, 7) is 13.5. The third-order valence-electron chi connectivity index (χ3n) is 11.2. The third kappa shape index (κ3) is 7.35. The van der Waals surface area contributed by atoms with Gasteiger partial charge in [0.15, 0.2) is 0 Å². The van der Waals surface area contributed by atoms with Gasteiger partial charge in [-0.1, -0.05) is 13.0 Å². The Hall–Kier alpha value is -3.29. The largest absolute Gasteiger partial charge is 0.393 e. The molecule has 0 aliphatic carbocycles. The van der Waals surface area contributed by atoms with Crippen LogP contribution in [0, 0.1) is 23.7 Å². The molecular formula is C36H45F3N8O2S2. The average Bonchev–Trinajstić information content (AvgIpc) is 3.86. The number of nitrogens with zero attached hydrogens (tertiary/aromatic N) is 8. The molecule has 7 rings (SSSR count). The van der Waals surface area contributed by atoms with Crippen molar-refractivity contribution in [1.29, 1.82) is 5.26 Å². The zero-order chi connectivity index (χ0) is 36.3. The summed E-state index contributed by atoms with van der Waals surface area (Å²) < 4.78 is 67.2. The number of likely N-dealkylation sites (tertiary alicyclic amines) is 1. The van der Waals surface area contributed by atoms with E-state index in [0.29, 0.717) is 55.5 Å². The zero-order valence-electron chi connectivity index (χ0n) is 29.6. The molecule has 4 aromatic rings. The van der Waals surface area contributed by atoms with Gasteiger partial charge in [-0.2, -0.15) is 22.7 Å². The number of thiophene rings is 1. The molecule has 0 bridgehead atoms. The van der Waals surface area contributed by atoms with E-state index in [-0.39, 0.29) is 16.3 Å². The minimum Gasteiger partial charge on any atom is -0.355 e. The molecule has 0 saturated carbocycles. The molecular weight excluding hydrogens is 698 g/mol. The van der Waals surface area contributed by atoms with E-state index in [9.17, 15) is 26.9 Å². The van der Waals surface area contributed by atoms with Gasteiger partial charge in [0.05, 0.1) is 18.1 Å². The second-order valence-corrected chi connectivity index (χ2v) is 17.9. The molecule has 3 aromatic heterocycles. The van der Waals surface area contributed by atoms with E-state index < -0.39 is 22.6 Å². The molecule has 274 valence electrons. The van der Waals surface area contributed by atoms with Gasteiger partial charge in [-0.3, -0.25) is 9.80 Å². The van der Waals surface area contributed by atoms with Crippen molar-refractivity contribution in [3.63, 3.8) is 0 Å². The van der Waals surface area contributed by atoms with Crippen LogP contribution in [0.15, 0.2) is 24.3 Å². The van der Waals surface area contributed by atoms with E-state index >= 15 is 0 Å². The molecule has 15 heteroatoms. The maximum absolute atomic E-state index is 13.2. The van der Waals surface area contributed by atoms with Gasteiger partial charge in [0.25, 0.3) is 0 Å². The van der Waals surface area contributed by atoms with Crippen LogP contribution in [0.3, 0.4) is 0 Å². The molecule has 0 radical (unpaired) electrons. The van der Waals surface area contributed by atoms with Gasteiger partial charge in [0.1, 0.15) is 28.2 Å². The topological polar surface area (TPSA) is 102 Å². The van der Waals surface area contributed by atoms with Gasteiger partial charge in [0, 0.05) is 92.6 Å². The van der Waals surface area contributed by atoms with Crippen molar-refractivity contribution >= 4 is 48.3 Å². The van der Waals surface area contributed by atoms with Crippen LogP contribution < -0.4 is 4.90 Å². The number of benzene rings is 1. The number of piperazine rings is 1. The van der Waals surface area contributed by atoms with Crippen LogP contribution in [-0.4, -0.2) is 108 Å². The van der Waals surface area contributed by atoms with Gasteiger partial charge in [-0.05, 0) is 62.6 Å². The van der Waals surface area contributed by atoms with Crippen LogP contribution in [0.1, 0.15) is 54.2 Å². The number of rotatable bonds is 9. The Morgan fingerprint density at radius 3 is 2.47 bits per heavy atom. The lowest BCUT2D eigenvalue weighted by Gasteiger charge is -2.37. The van der Waals surface area contributed by atoms with E-state index in [1.54, 1.807) is 6.07 Å². The van der Waals surface area contributed by atoms with E-state index in [0.717, 1.165) is 79.0 Å². The molecule has 1 unspecified atom stereocenters. The highest BCUT2D eigenvalue weighted by atomic mass is 32.2. The minimum absolute atomic E-state index is 0.0900. The number of halogens is 3. The van der Waals surface area contributed by atoms with Crippen LogP contribution >= 0.6 is 11.3 Å². The maximum atomic E-state index is 13.2. The molecule has 0 amide bonds. The molecule has 3 saturated heterocycles. The van der Waals surface area contributed by atoms with Gasteiger partial charge in [0.2, 0.25) is 10.0 Å². The molecule has 3 aliphatic heterocycles. The predicted molar refractivity (Wildman–Crippen MR) is 195 cm³/mol. The maximum Gasteiger partial charge on any atom is 0.393 e. The summed E-state index contributed by atoms with van der Waals surface area (Å²) in [4.78, 5) is 17.4. The number of nitriles is 1. The SMILES string of the molecule is CCc1nc(N2CCC3(CCN(Cc4ccc5c(cc(C#N)n5C[C@H](C)N5CCN(S(C)(=O)=O)CC5)c4C)C3)C2)c2cc(CC(F)(F)F)sc2n1. The zero-order valence-corrected chi connectivity index (χ0v) is 31.3. The van der Waals surface area contributed by atoms with Crippen molar-refractivity contribution in [2.75, 3.05) is 63.5 Å². The summed E-state index contributed by atoms with van der Waals surface area (Å²) in [5, 5.41) is 11.9. The number of hydrogen-bond donors (Lipinski definition) is 0. The lowest BCUT2D eigenvalue weighted by atomic mass is 9.86. The molecule has 3 aliphatic rings. The first kappa shape index (κ1) is 36.1. The summed E-state index contributed by atoms with van der Waals surface area (Å²) in [5.41, 5.74) is 4.16. The molecule has 10 nitrogen and oxygen atoms in total. The Bertz CT molecular complexity index is 2100. The highest BCUT2D eigenvalue weighted by Crippen LogP contribution is 2.44.